The van der Waals surface area contributed by atoms with Crippen molar-refractivity contribution in [1.29, 1.82) is 0 Å². The molecule has 0 spiro atoms. The molecule has 1 unspecified atom stereocenters. The van der Waals surface area contributed by atoms with Gasteiger partial charge >= 0.3 is 0 Å². The zero-order chi connectivity index (χ0) is 19.0. The van der Waals surface area contributed by atoms with Crippen LogP contribution in [0.3, 0.4) is 0 Å². The average Bonchev–Trinajstić information content (AvgIpc) is 3.23. The Hall–Kier alpha value is -2.54. The molecule has 1 aliphatic heterocycles. The minimum absolute atomic E-state index is 0.0325. The van der Waals surface area contributed by atoms with E-state index < -0.39 is 0 Å². The molecule has 0 saturated heterocycles. The Bertz CT molecular complexity index is 987. The normalized spacial score (nSPS) is 15.8. The van der Waals surface area contributed by atoms with Crippen LogP contribution in [-0.2, 0) is 17.6 Å². The average molecular weight is 430 g/mol. The Morgan fingerprint density at radius 2 is 2.07 bits per heavy atom. The van der Waals surface area contributed by atoms with Gasteiger partial charge in [0, 0.05) is 34.6 Å². The molecule has 7 heteroatoms. The number of hydrogen-bond donors (Lipinski definition) is 0. The summed E-state index contributed by atoms with van der Waals surface area (Å²) in [6.45, 7) is 2.05. The van der Waals surface area contributed by atoms with E-state index in [4.69, 9.17) is 4.52 Å². The molecule has 1 atom stereocenters. The molecule has 1 aliphatic rings. The predicted molar refractivity (Wildman–Crippen MR) is 103 cm³/mol. The molecule has 3 aromatic rings. The molecule has 1 aromatic heterocycles. The summed E-state index contributed by atoms with van der Waals surface area (Å²) in [5, 5.41) is 3.91. The number of aromatic nitrogens is 2. The van der Waals surface area contributed by atoms with Gasteiger partial charge in [0.25, 0.3) is 0 Å². The third kappa shape index (κ3) is 3.64. The fraction of sp³-hybridized carbons (Fsp3) is 0.250. The highest BCUT2D eigenvalue weighted by atomic mass is 79.9. The van der Waals surface area contributed by atoms with Crippen LogP contribution in [0.5, 0.6) is 0 Å². The Kier molecular flexibility index (Phi) is 4.78. The fourth-order valence-corrected chi connectivity index (χ4v) is 3.80. The summed E-state index contributed by atoms with van der Waals surface area (Å²) in [5.41, 5.74) is 2.81. The van der Waals surface area contributed by atoms with Crippen molar-refractivity contribution in [1.82, 2.24) is 10.1 Å². The lowest BCUT2D eigenvalue weighted by molar-refractivity contribution is -0.118. The summed E-state index contributed by atoms with van der Waals surface area (Å²) in [6, 6.07) is 12.0. The Balaban J connectivity index is 1.44. The van der Waals surface area contributed by atoms with Crippen molar-refractivity contribution in [3.8, 4) is 11.4 Å². The molecule has 2 heterocycles. The van der Waals surface area contributed by atoms with Crippen LogP contribution in [0.4, 0.5) is 10.1 Å². The highest BCUT2D eigenvalue weighted by Crippen LogP contribution is 2.34. The number of halogens is 2. The Morgan fingerprint density at radius 1 is 1.30 bits per heavy atom. The van der Waals surface area contributed by atoms with Gasteiger partial charge in [-0.2, -0.15) is 4.98 Å². The number of hydrogen-bond acceptors (Lipinski definition) is 4. The van der Waals surface area contributed by atoms with Crippen LogP contribution in [0, 0.1) is 5.82 Å². The van der Waals surface area contributed by atoms with E-state index >= 15 is 0 Å². The maximum absolute atomic E-state index is 13.0. The summed E-state index contributed by atoms with van der Waals surface area (Å²) >= 11 is 3.48. The summed E-state index contributed by atoms with van der Waals surface area (Å²) in [7, 11) is 0. The molecule has 0 radical (unpaired) electrons. The maximum Gasteiger partial charge on any atom is 0.227 e. The van der Waals surface area contributed by atoms with E-state index in [0.29, 0.717) is 23.7 Å². The lowest BCUT2D eigenvalue weighted by Gasteiger charge is -2.22. The van der Waals surface area contributed by atoms with E-state index in [1.54, 1.807) is 12.1 Å². The third-order valence-electron chi connectivity index (χ3n) is 4.65. The monoisotopic (exact) mass is 429 g/mol. The minimum atomic E-state index is -0.319. The van der Waals surface area contributed by atoms with E-state index in [1.165, 1.54) is 17.7 Å². The molecule has 27 heavy (non-hydrogen) atoms. The van der Waals surface area contributed by atoms with Crippen molar-refractivity contribution in [3.05, 3.63) is 64.2 Å². The van der Waals surface area contributed by atoms with Gasteiger partial charge in [-0.25, -0.2) is 4.39 Å². The fourth-order valence-electron chi connectivity index (χ4n) is 3.39. The third-order valence-corrected chi connectivity index (χ3v) is 5.14. The van der Waals surface area contributed by atoms with Crippen molar-refractivity contribution in [2.45, 2.75) is 32.2 Å². The van der Waals surface area contributed by atoms with Crippen LogP contribution in [0.25, 0.3) is 11.4 Å². The molecule has 5 nitrogen and oxygen atoms in total. The summed E-state index contributed by atoms with van der Waals surface area (Å²) in [5.74, 6) is 0.498. The molecule has 0 N–H and O–H groups in total. The molecule has 0 fully saturated rings. The van der Waals surface area contributed by atoms with Crippen LogP contribution < -0.4 is 4.90 Å². The first-order valence-electron chi connectivity index (χ1n) is 8.70. The van der Waals surface area contributed by atoms with Gasteiger partial charge < -0.3 is 9.42 Å². The highest BCUT2D eigenvalue weighted by molar-refractivity contribution is 9.10. The smallest absolute Gasteiger partial charge is 0.227 e. The molecular weight excluding hydrogens is 413 g/mol. The van der Waals surface area contributed by atoms with E-state index in [1.807, 2.05) is 24.0 Å². The number of rotatable bonds is 4. The zero-order valence-corrected chi connectivity index (χ0v) is 16.2. The SMILES string of the molecule is CC1Cc2cc(Br)ccc2N1C(=O)CCc1nc(-c2ccc(F)cc2)no1. The van der Waals surface area contributed by atoms with Crippen LogP contribution in [-0.4, -0.2) is 22.1 Å². The number of benzene rings is 2. The van der Waals surface area contributed by atoms with Crippen molar-refractivity contribution < 1.29 is 13.7 Å². The van der Waals surface area contributed by atoms with Crippen molar-refractivity contribution in [3.63, 3.8) is 0 Å². The molecule has 4 rings (SSSR count). The molecule has 138 valence electrons. The van der Waals surface area contributed by atoms with E-state index in [9.17, 15) is 9.18 Å². The maximum atomic E-state index is 13.0. The Labute approximate surface area is 164 Å². The van der Waals surface area contributed by atoms with Gasteiger partial charge in [-0.1, -0.05) is 21.1 Å². The molecule has 0 saturated carbocycles. The van der Waals surface area contributed by atoms with Gasteiger partial charge in [-0.05, 0) is 61.4 Å². The van der Waals surface area contributed by atoms with Crippen molar-refractivity contribution >= 4 is 27.5 Å². The van der Waals surface area contributed by atoms with E-state index in [-0.39, 0.29) is 24.2 Å². The van der Waals surface area contributed by atoms with Gasteiger partial charge in [0.15, 0.2) is 0 Å². The lowest BCUT2D eigenvalue weighted by Crippen LogP contribution is -2.35. The number of nitrogens with zero attached hydrogens (tertiary/aromatic N) is 3. The van der Waals surface area contributed by atoms with E-state index in [2.05, 4.69) is 32.1 Å². The molecule has 2 aromatic carbocycles. The first kappa shape index (κ1) is 17.9. The molecule has 1 amide bonds. The molecule has 0 aliphatic carbocycles. The highest BCUT2D eigenvalue weighted by Gasteiger charge is 2.30. The van der Waals surface area contributed by atoms with E-state index in [0.717, 1.165) is 16.6 Å². The number of aryl methyl sites for hydroxylation is 1. The van der Waals surface area contributed by atoms with Crippen LogP contribution in [0.2, 0.25) is 0 Å². The zero-order valence-electron chi connectivity index (χ0n) is 14.7. The van der Waals surface area contributed by atoms with Crippen LogP contribution in [0.15, 0.2) is 51.5 Å². The van der Waals surface area contributed by atoms with Crippen LogP contribution >= 0.6 is 15.9 Å². The van der Waals surface area contributed by atoms with Crippen LogP contribution in [0.1, 0.15) is 24.8 Å². The summed E-state index contributed by atoms with van der Waals surface area (Å²) in [4.78, 5) is 18.9. The first-order chi connectivity index (χ1) is 13.0. The standard InChI is InChI=1S/C20H17BrFN3O2/c1-12-10-14-11-15(21)4-7-17(14)25(12)19(26)9-8-18-23-20(24-27-18)13-2-5-16(22)6-3-13/h2-7,11-12H,8-10H2,1H3. The quantitative estimate of drug-likeness (QED) is 0.610. The van der Waals surface area contributed by atoms with Gasteiger partial charge in [0.1, 0.15) is 5.82 Å². The number of fused-ring (bicyclic) bond motifs is 1. The lowest BCUT2D eigenvalue weighted by atomic mass is 10.1. The van der Waals surface area contributed by atoms with Gasteiger partial charge in [0.2, 0.25) is 17.6 Å². The van der Waals surface area contributed by atoms with Gasteiger partial charge in [0.05, 0.1) is 0 Å². The number of anilines is 1. The summed E-state index contributed by atoms with van der Waals surface area (Å²) < 4.78 is 19.3. The van der Waals surface area contributed by atoms with Gasteiger partial charge in [-0.3, -0.25) is 4.79 Å². The number of amides is 1. The summed E-state index contributed by atoms with van der Waals surface area (Å²) in [6.07, 6.45) is 1.49. The molecule has 0 bridgehead atoms. The second-order valence-electron chi connectivity index (χ2n) is 6.61. The minimum Gasteiger partial charge on any atom is -0.339 e. The second-order valence-corrected chi connectivity index (χ2v) is 7.52. The van der Waals surface area contributed by atoms with Gasteiger partial charge in [-0.15, -0.1) is 0 Å². The number of carbonyl (C=O) groups is 1. The first-order valence-corrected chi connectivity index (χ1v) is 9.49. The largest absolute Gasteiger partial charge is 0.339 e. The predicted octanol–water partition coefficient (Wildman–Crippen LogP) is 4.55. The van der Waals surface area contributed by atoms with Crippen molar-refractivity contribution in [2.24, 2.45) is 0 Å². The Morgan fingerprint density at radius 3 is 2.85 bits per heavy atom. The number of carbonyl (C=O) groups excluding carboxylic acids is 1. The molecular formula is C20H17BrFN3O2. The topological polar surface area (TPSA) is 59.2 Å². The van der Waals surface area contributed by atoms with Crippen molar-refractivity contribution in [2.75, 3.05) is 4.90 Å². The second kappa shape index (κ2) is 7.23.